The number of amides is 1. The van der Waals surface area contributed by atoms with Gasteiger partial charge in [0.1, 0.15) is 11.5 Å². The molecule has 2 aromatic rings. The molecule has 0 aliphatic carbocycles. The number of carbonyl (C=O) groups is 1. The first-order valence-electron chi connectivity index (χ1n) is 6.58. The second-order valence-corrected chi connectivity index (χ2v) is 5.49. The van der Waals surface area contributed by atoms with E-state index in [1.807, 2.05) is 19.1 Å². The minimum atomic E-state index is -0.595. The lowest BCUT2D eigenvalue weighted by atomic mass is 10.0. The van der Waals surface area contributed by atoms with E-state index >= 15 is 0 Å². The molecule has 2 aromatic carbocycles. The fourth-order valence-corrected chi connectivity index (χ4v) is 2.59. The van der Waals surface area contributed by atoms with Gasteiger partial charge >= 0.3 is 0 Å². The number of carbonyl (C=O) groups excluding carboxylic acids is 1. The van der Waals surface area contributed by atoms with Crippen LogP contribution >= 0.6 is 11.6 Å². The van der Waals surface area contributed by atoms with Gasteiger partial charge in [-0.05, 0) is 42.3 Å². The Balaban J connectivity index is 1.84. The van der Waals surface area contributed by atoms with Crippen molar-refractivity contribution in [2.24, 2.45) is 0 Å². The van der Waals surface area contributed by atoms with Gasteiger partial charge in [0, 0.05) is 17.5 Å². The van der Waals surface area contributed by atoms with Crippen molar-refractivity contribution in [2.45, 2.75) is 19.4 Å². The number of fused-ring (bicyclic) bond motifs is 1. The molecule has 1 aliphatic heterocycles. The second kappa shape index (κ2) is 5.30. The van der Waals surface area contributed by atoms with Gasteiger partial charge in [0.2, 0.25) is 0 Å². The third kappa shape index (κ3) is 2.81. The number of hydrogen-bond acceptors (Lipinski definition) is 3. The molecule has 1 aliphatic rings. The minimum absolute atomic E-state index is 0.0876. The lowest BCUT2D eigenvalue weighted by molar-refractivity contribution is -0.123. The fourth-order valence-electron chi connectivity index (χ4n) is 2.36. The van der Waals surface area contributed by atoms with E-state index in [1.165, 1.54) is 12.1 Å². The molecule has 1 heterocycles. The van der Waals surface area contributed by atoms with Gasteiger partial charge in [-0.15, -0.1) is 0 Å². The molecule has 1 amide bonds. The fraction of sp³-hybridized carbons (Fsp3) is 0.188. The Morgan fingerprint density at radius 1 is 1.29 bits per heavy atom. The van der Waals surface area contributed by atoms with Crippen LogP contribution in [0.2, 0.25) is 5.02 Å². The summed E-state index contributed by atoms with van der Waals surface area (Å²) in [5, 5.41) is 12.8. The number of hydrogen-bond donors (Lipinski definition) is 2. The number of benzene rings is 2. The van der Waals surface area contributed by atoms with Gasteiger partial charge < -0.3 is 15.2 Å². The molecule has 0 radical (unpaired) electrons. The molecule has 0 saturated carbocycles. The lowest BCUT2D eigenvalue weighted by Gasteiger charge is -2.26. The van der Waals surface area contributed by atoms with Gasteiger partial charge in [-0.25, -0.2) is 0 Å². The second-order valence-electron chi connectivity index (χ2n) is 5.05. The molecule has 3 rings (SSSR count). The highest BCUT2D eigenvalue weighted by Gasteiger charge is 2.28. The molecule has 21 heavy (non-hydrogen) atoms. The Hall–Kier alpha value is -2.20. The molecule has 2 N–H and O–H groups in total. The Bertz CT molecular complexity index is 715. The van der Waals surface area contributed by atoms with Crippen LogP contribution in [-0.2, 0) is 11.2 Å². The Morgan fingerprint density at radius 2 is 2.10 bits per heavy atom. The van der Waals surface area contributed by atoms with E-state index in [0.29, 0.717) is 22.9 Å². The predicted octanol–water partition coefficient (Wildman–Crippen LogP) is 3.30. The average Bonchev–Trinajstić information content (AvgIpc) is 2.42. The van der Waals surface area contributed by atoms with Crippen LogP contribution in [0, 0.1) is 6.92 Å². The van der Waals surface area contributed by atoms with Crippen molar-refractivity contribution in [1.29, 1.82) is 0 Å². The first kappa shape index (κ1) is 13.8. The molecule has 0 aromatic heterocycles. The van der Waals surface area contributed by atoms with Crippen LogP contribution in [-0.4, -0.2) is 17.1 Å². The lowest BCUT2D eigenvalue weighted by Crippen LogP contribution is -2.38. The van der Waals surface area contributed by atoms with Gasteiger partial charge in [0.05, 0.1) is 5.69 Å². The van der Waals surface area contributed by atoms with E-state index in [1.54, 1.807) is 12.1 Å². The summed E-state index contributed by atoms with van der Waals surface area (Å²) in [6, 6.07) is 10.2. The average molecular weight is 304 g/mol. The zero-order valence-electron chi connectivity index (χ0n) is 11.4. The van der Waals surface area contributed by atoms with Crippen LogP contribution < -0.4 is 10.1 Å². The SMILES string of the molecule is Cc1cc(Cl)ccc1CC1Oc2ccc(O)cc2NC1=O. The Morgan fingerprint density at radius 3 is 2.86 bits per heavy atom. The molecule has 108 valence electrons. The van der Waals surface area contributed by atoms with Crippen molar-refractivity contribution in [3.05, 3.63) is 52.5 Å². The summed E-state index contributed by atoms with van der Waals surface area (Å²) >= 11 is 5.94. The molecular weight excluding hydrogens is 290 g/mol. The number of anilines is 1. The molecule has 1 unspecified atom stereocenters. The monoisotopic (exact) mass is 303 g/mol. The van der Waals surface area contributed by atoms with Crippen molar-refractivity contribution in [3.63, 3.8) is 0 Å². The van der Waals surface area contributed by atoms with E-state index in [2.05, 4.69) is 5.32 Å². The molecule has 4 nitrogen and oxygen atoms in total. The van der Waals surface area contributed by atoms with Crippen LogP contribution in [0.3, 0.4) is 0 Å². The van der Waals surface area contributed by atoms with Crippen molar-refractivity contribution in [2.75, 3.05) is 5.32 Å². The standard InChI is InChI=1S/C16H14ClNO3/c1-9-6-11(17)3-2-10(9)7-15-16(20)18-13-8-12(19)4-5-14(13)21-15/h2-6,8,15,19H,7H2,1H3,(H,18,20). The number of aromatic hydroxyl groups is 1. The quantitative estimate of drug-likeness (QED) is 0.895. The topological polar surface area (TPSA) is 58.6 Å². The molecule has 5 heteroatoms. The van der Waals surface area contributed by atoms with E-state index < -0.39 is 6.10 Å². The molecule has 0 fully saturated rings. The van der Waals surface area contributed by atoms with Crippen LogP contribution in [0.25, 0.3) is 0 Å². The number of nitrogens with one attached hydrogen (secondary N) is 1. The summed E-state index contributed by atoms with van der Waals surface area (Å²) in [6.07, 6.45) is -0.128. The third-order valence-electron chi connectivity index (χ3n) is 3.49. The highest BCUT2D eigenvalue weighted by molar-refractivity contribution is 6.30. The van der Waals surface area contributed by atoms with Crippen molar-refractivity contribution < 1.29 is 14.6 Å². The van der Waals surface area contributed by atoms with E-state index in [0.717, 1.165) is 11.1 Å². The van der Waals surface area contributed by atoms with Gasteiger partial charge in [-0.2, -0.15) is 0 Å². The maximum absolute atomic E-state index is 12.1. The maximum Gasteiger partial charge on any atom is 0.265 e. The van der Waals surface area contributed by atoms with Crippen LogP contribution in [0.4, 0.5) is 5.69 Å². The third-order valence-corrected chi connectivity index (χ3v) is 3.73. The van der Waals surface area contributed by atoms with E-state index in [-0.39, 0.29) is 11.7 Å². The first-order valence-corrected chi connectivity index (χ1v) is 6.96. The number of aryl methyl sites for hydroxylation is 1. The number of halogens is 1. The first-order chi connectivity index (χ1) is 10.0. The largest absolute Gasteiger partial charge is 0.508 e. The number of rotatable bonds is 2. The molecular formula is C16H14ClNO3. The molecule has 0 saturated heterocycles. The summed E-state index contributed by atoms with van der Waals surface area (Å²) in [4.78, 5) is 12.1. The Kier molecular flexibility index (Phi) is 3.47. The van der Waals surface area contributed by atoms with E-state index in [9.17, 15) is 9.90 Å². The summed E-state index contributed by atoms with van der Waals surface area (Å²) < 4.78 is 5.73. The number of phenols is 1. The van der Waals surface area contributed by atoms with Crippen LogP contribution in [0.1, 0.15) is 11.1 Å². The zero-order valence-corrected chi connectivity index (χ0v) is 12.1. The van der Waals surface area contributed by atoms with Gasteiger partial charge in [-0.1, -0.05) is 17.7 Å². The zero-order chi connectivity index (χ0) is 15.0. The summed E-state index contributed by atoms with van der Waals surface area (Å²) in [5.41, 5.74) is 2.53. The minimum Gasteiger partial charge on any atom is -0.508 e. The van der Waals surface area contributed by atoms with Crippen LogP contribution in [0.5, 0.6) is 11.5 Å². The number of ether oxygens (including phenoxy) is 1. The Labute approximate surface area is 127 Å². The molecule has 0 spiro atoms. The summed E-state index contributed by atoms with van der Waals surface area (Å²) in [6.45, 7) is 1.95. The van der Waals surface area contributed by atoms with Gasteiger partial charge in [-0.3, -0.25) is 4.79 Å². The van der Waals surface area contributed by atoms with Crippen LogP contribution in [0.15, 0.2) is 36.4 Å². The van der Waals surface area contributed by atoms with Crippen molar-refractivity contribution >= 4 is 23.2 Å². The van der Waals surface area contributed by atoms with Gasteiger partial charge in [0.15, 0.2) is 6.10 Å². The highest BCUT2D eigenvalue weighted by atomic mass is 35.5. The smallest absolute Gasteiger partial charge is 0.265 e. The number of phenolic OH excluding ortho intramolecular Hbond substituents is 1. The maximum atomic E-state index is 12.1. The normalized spacial score (nSPS) is 16.9. The predicted molar refractivity (Wildman–Crippen MR) is 81.0 cm³/mol. The molecule has 0 bridgehead atoms. The van der Waals surface area contributed by atoms with Gasteiger partial charge in [0.25, 0.3) is 5.91 Å². The highest BCUT2D eigenvalue weighted by Crippen LogP contribution is 2.33. The summed E-state index contributed by atoms with van der Waals surface area (Å²) in [5.74, 6) is 0.427. The summed E-state index contributed by atoms with van der Waals surface area (Å²) in [7, 11) is 0. The van der Waals surface area contributed by atoms with E-state index in [4.69, 9.17) is 16.3 Å². The van der Waals surface area contributed by atoms with Crippen molar-refractivity contribution in [3.8, 4) is 11.5 Å². The van der Waals surface area contributed by atoms with Crippen molar-refractivity contribution in [1.82, 2.24) is 0 Å². The molecule has 1 atom stereocenters.